The van der Waals surface area contributed by atoms with Crippen molar-refractivity contribution in [2.45, 2.75) is 97.6 Å². The zero-order valence-electron chi connectivity index (χ0n) is 29.5. The van der Waals surface area contributed by atoms with Crippen LogP contribution in [0.4, 0.5) is 0 Å². The van der Waals surface area contributed by atoms with Crippen molar-refractivity contribution in [2.24, 2.45) is 29.2 Å². The van der Waals surface area contributed by atoms with E-state index in [-0.39, 0.29) is 18.8 Å². The molecule has 0 aromatic heterocycles. The Morgan fingerprint density at radius 3 is 1.46 bits per heavy atom. The summed E-state index contributed by atoms with van der Waals surface area (Å²) in [4.78, 5) is 110. The van der Waals surface area contributed by atoms with E-state index in [0.717, 1.165) is 0 Å². The third-order valence-corrected chi connectivity index (χ3v) is 7.20. The number of primary amides is 1. The molecule has 0 aromatic rings. The minimum atomic E-state index is -1.51. The number of hydrogen-bond acceptors (Lipinski definition) is 11. The number of aliphatic hydroxyl groups excluding tert-OH is 1. The molecule has 0 fully saturated rings. The maximum atomic E-state index is 13.0. The predicted octanol–water partition coefficient (Wildman–Crippen LogP) is -4.70. The first-order valence-corrected chi connectivity index (χ1v) is 16.0. The number of carbonyl (C=O) groups is 9. The highest BCUT2D eigenvalue weighted by Crippen LogP contribution is 2.07. The molecule has 8 amide bonds. The molecule has 0 aromatic carbocycles. The lowest BCUT2D eigenvalue weighted by Gasteiger charge is -2.28. The molecule has 0 spiro atoms. The molecule has 0 bridgehead atoms. The Labute approximate surface area is 290 Å². The minimum absolute atomic E-state index is 0.205. The van der Waals surface area contributed by atoms with Gasteiger partial charge in [-0.25, -0.2) is 4.79 Å². The van der Waals surface area contributed by atoms with Gasteiger partial charge in [-0.2, -0.15) is 0 Å². The Hall–Kier alpha value is -4.85. The summed E-state index contributed by atoms with van der Waals surface area (Å²) in [6.45, 7) is 9.34. The number of hydrogen-bond donors (Lipinski definition) is 11. The van der Waals surface area contributed by atoms with Crippen LogP contribution in [0.2, 0.25) is 0 Å². The van der Waals surface area contributed by atoms with Crippen molar-refractivity contribution in [3.8, 4) is 0 Å². The standard InChI is InChI=1S/C30H53N9O11/c1-13(2)22(32)26(45)38-24(15(5)6)29(48)39-25(16(7)40)28(47)35-12-21(44)37-23(14(3)4)27(46)34-10-19(42)33-11-20(43)36-17(30(49)50)8-9-18(31)41/h13-17,22-25,40H,8-12,32H2,1-7H3,(H2,31,41)(H,33,42)(H,34,46)(H,35,47)(H,36,43)(H,37,44)(H,38,45)(H,39,48)(H,49,50)/t16-,17+,22+,23+,24+,25+/m1/s1. The molecule has 0 unspecified atom stereocenters. The molecule has 0 aliphatic rings. The van der Waals surface area contributed by atoms with Gasteiger partial charge < -0.3 is 58.9 Å². The second-order valence-corrected chi connectivity index (χ2v) is 12.7. The van der Waals surface area contributed by atoms with Gasteiger partial charge in [-0.15, -0.1) is 0 Å². The average molecular weight is 716 g/mol. The van der Waals surface area contributed by atoms with Crippen LogP contribution in [-0.2, 0) is 43.2 Å². The van der Waals surface area contributed by atoms with Gasteiger partial charge in [-0.05, 0) is 31.1 Å². The number of aliphatic hydroxyl groups is 1. The number of aliphatic carboxylic acids is 1. The quantitative estimate of drug-likeness (QED) is 0.0504. The maximum Gasteiger partial charge on any atom is 0.326 e. The summed E-state index contributed by atoms with van der Waals surface area (Å²) in [6.07, 6.45) is -1.94. The van der Waals surface area contributed by atoms with Gasteiger partial charge in [-0.1, -0.05) is 41.5 Å². The van der Waals surface area contributed by atoms with Crippen LogP contribution in [0.25, 0.3) is 0 Å². The Morgan fingerprint density at radius 1 is 0.560 bits per heavy atom. The van der Waals surface area contributed by atoms with Crippen LogP contribution >= 0.6 is 0 Å². The van der Waals surface area contributed by atoms with E-state index in [4.69, 9.17) is 16.6 Å². The van der Waals surface area contributed by atoms with Crippen LogP contribution < -0.4 is 48.7 Å². The summed E-state index contributed by atoms with van der Waals surface area (Å²) < 4.78 is 0. The van der Waals surface area contributed by atoms with E-state index < -0.39 is 121 Å². The van der Waals surface area contributed by atoms with E-state index in [1.807, 2.05) is 0 Å². The lowest BCUT2D eigenvalue weighted by molar-refractivity contribution is -0.142. The number of carboxylic acids is 1. The van der Waals surface area contributed by atoms with E-state index in [1.165, 1.54) is 6.92 Å². The zero-order valence-corrected chi connectivity index (χ0v) is 29.5. The topological polar surface area (TPSA) is 330 Å². The van der Waals surface area contributed by atoms with Gasteiger partial charge in [0.1, 0.15) is 24.2 Å². The van der Waals surface area contributed by atoms with Gasteiger partial charge in [-0.3, -0.25) is 38.4 Å². The van der Waals surface area contributed by atoms with Crippen molar-refractivity contribution in [1.82, 2.24) is 37.2 Å². The fraction of sp³-hybridized carbons (Fsp3) is 0.700. The summed E-state index contributed by atoms with van der Waals surface area (Å²) in [6, 6.07) is -6.06. The molecule has 6 atom stereocenters. The Balaban J connectivity index is 5.10. The zero-order chi connectivity index (χ0) is 38.9. The highest BCUT2D eigenvalue weighted by atomic mass is 16.4. The summed E-state index contributed by atoms with van der Waals surface area (Å²) in [5.41, 5.74) is 10.9. The molecule has 0 saturated carbocycles. The second-order valence-electron chi connectivity index (χ2n) is 12.7. The fourth-order valence-electron chi connectivity index (χ4n) is 4.08. The normalized spacial score (nSPS) is 14.6. The minimum Gasteiger partial charge on any atom is -0.480 e. The molecule has 20 nitrogen and oxygen atoms in total. The van der Waals surface area contributed by atoms with Crippen molar-refractivity contribution in [3.05, 3.63) is 0 Å². The van der Waals surface area contributed by atoms with Crippen LogP contribution in [0.5, 0.6) is 0 Å². The largest absolute Gasteiger partial charge is 0.480 e. The summed E-state index contributed by atoms with van der Waals surface area (Å²) in [5.74, 6) is -8.80. The molecule has 0 saturated heterocycles. The number of amides is 8. The van der Waals surface area contributed by atoms with Crippen molar-refractivity contribution in [1.29, 1.82) is 0 Å². The molecule has 50 heavy (non-hydrogen) atoms. The molecule has 0 aliphatic carbocycles. The number of carboxylic acid groups (broad SMARTS) is 1. The van der Waals surface area contributed by atoms with E-state index >= 15 is 0 Å². The second kappa shape index (κ2) is 22.0. The molecular formula is C30H53N9O11. The van der Waals surface area contributed by atoms with Gasteiger partial charge in [0.05, 0.1) is 31.8 Å². The van der Waals surface area contributed by atoms with E-state index in [1.54, 1.807) is 41.5 Å². The highest BCUT2D eigenvalue weighted by Gasteiger charge is 2.33. The molecule has 284 valence electrons. The van der Waals surface area contributed by atoms with Crippen LogP contribution in [0.3, 0.4) is 0 Å². The van der Waals surface area contributed by atoms with Crippen LogP contribution in [0.1, 0.15) is 61.3 Å². The summed E-state index contributed by atoms with van der Waals surface area (Å²) in [5, 5.41) is 35.6. The molecule has 0 rings (SSSR count). The van der Waals surface area contributed by atoms with Crippen molar-refractivity contribution >= 4 is 53.2 Å². The fourth-order valence-corrected chi connectivity index (χ4v) is 4.08. The Bertz CT molecular complexity index is 1240. The van der Waals surface area contributed by atoms with Gasteiger partial charge >= 0.3 is 5.97 Å². The predicted molar refractivity (Wildman–Crippen MR) is 177 cm³/mol. The smallest absolute Gasteiger partial charge is 0.326 e. The highest BCUT2D eigenvalue weighted by molar-refractivity contribution is 5.96. The number of carbonyl (C=O) groups excluding carboxylic acids is 8. The first kappa shape index (κ1) is 45.2. The SMILES string of the molecule is CC(C)[C@H](N)C(=O)N[C@H](C(=O)N[C@H](C(=O)NCC(=O)N[C@H](C(=O)NCC(=O)NCC(=O)N[C@@H](CCC(N)=O)C(=O)O)C(C)C)[C@@H](C)O)C(C)C. The lowest BCUT2D eigenvalue weighted by atomic mass is 9.99. The monoisotopic (exact) mass is 715 g/mol. The maximum absolute atomic E-state index is 13.0. The number of nitrogens with one attached hydrogen (secondary N) is 7. The third kappa shape index (κ3) is 17.0. The van der Waals surface area contributed by atoms with Crippen LogP contribution in [-0.4, -0.2) is 119 Å². The van der Waals surface area contributed by atoms with Gasteiger partial charge in [0.25, 0.3) is 0 Å². The summed E-state index contributed by atoms with van der Waals surface area (Å²) >= 11 is 0. The molecule has 13 N–H and O–H groups in total. The number of rotatable bonds is 22. The summed E-state index contributed by atoms with van der Waals surface area (Å²) in [7, 11) is 0. The first-order chi connectivity index (χ1) is 23.1. The molecule has 0 radical (unpaired) electrons. The van der Waals surface area contributed by atoms with E-state index in [2.05, 4.69) is 37.2 Å². The molecular weight excluding hydrogens is 662 g/mol. The third-order valence-electron chi connectivity index (χ3n) is 7.20. The van der Waals surface area contributed by atoms with Gasteiger partial charge in [0.15, 0.2) is 0 Å². The number of nitrogens with two attached hydrogens (primary N) is 2. The van der Waals surface area contributed by atoms with Crippen LogP contribution in [0.15, 0.2) is 0 Å². The van der Waals surface area contributed by atoms with Crippen LogP contribution in [0, 0.1) is 17.8 Å². The molecule has 20 heteroatoms. The lowest BCUT2D eigenvalue weighted by Crippen LogP contribution is -2.60. The average Bonchev–Trinajstić information content (AvgIpc) is 3.01. The molecule has 0 aliphatic heterocycles. The first-order valence-electron chi connectivity index (χ1n) is 16.0. The molecule has 0 heterocycles. The van der Waals surface area contributed by atoms with Crippen molar-refractivity contribution in [2.75, 3.05) is 19.6 Å². The van der Waals surface area contributed by atoms with E-state index in [9.17, 15) is 48.3 Å². The van der Waals surface area contributed by atoms with Crippen molar-refractivity contribution < 1.29 is 53.4 Å². The van der Waals surface area contributed by atoms with E-state index in [0.29, 0.717) is 0 Å². The van der Waals surface area contributed by atoms with Gasteiger partial charge in [0, 0.05) is 6.42 Å². The Kier molecular flexibility index (Phi) is 19.9. The van der Waals surface area contributed by atoms with Crippen molar-refractivity contribution in [3.63, 3.8) is 0 Å². The Morgan fingerprint density at radius 2 is 1.00 bits per heavy atom. The van der Waals surface area contributed by atoms with Gasteiger partial charge in [0.2, 0.25) is 47.3 Å².